The van der Waals surface area contributed by atoms with Gasteiger partial charge < -0.3 is 9.80 Å². The van der Waals surface area contributed by atoms with Crippen LogP contribution in [0.25, 0.3) is 0 Å². The molecule has 0 spiro atoms. The highest BCUT2D eigenvalue weighted by Crippen LogP contribution is 2.27. The Kier molecular flexibility index (Phi) is 6.65. The van der Waals surface area contributed by atoms with Crippen LogP contribution in [0.1, 0.15) is 50.4 Å². The standard InChI is InChI=1S/C24H28N2O4/c1-16-17(2)23(29)20(18(3)22(16)28)10-7-11-21(27)25-12-14-26(15-13-25)24(30)19-8-5-4-6-9-19/h4-6,8-9H,7,10-15H2,1-3H3. The van der Waals surface area contributed by atoms with E-state index in [1.807, 2.05) is 18.2 Å². The predicted octanol–water partition coefficient (Wildman–Crippen LogP) is 2.95. The second-order valence-corrected chi connectivity index (χ2v) is 7.90. The summed E-state index contributed by atoms with van der Waals surface area (Å²) < 4.78 is 0. The van der Waals surface area contributed by atoms with Gasteiger partial charge in [-0.3, -0.25) is 19.2 Å². The highest BCUT2D eigenvalue weighted by molar-refractivity contribution is 6.24. The van der Waals surface area contributed by atoms with Gasteiger partial charge in [-0.1, -0.05) is 18.2 Å². The molecule has 1 aromatic rings. The van der Waals surface area contributed by atoms with Gasteiger partial charge in [-0.15, -0.1) is 0 Å². The molecule has 0 bridgehead atoms. The Morgan fingerprint density at radius 3 is 2.00 bits per heavy atom. The average Bonchev–Trinajstić information content (AvgIpc) is 2.78. The normalized spacial score (nSPS) is 17.7. The molecule has 1 fully saturated rings. The Morgan fingerprint density at radius 2 is 1.37 bits per heavy atom. The number of ketones is 2. The van der Waals surface area contributed by atoms with Crippen LogP contribution >= 0.6 is 0 Å². The fourth-order valence-corrected chi connectivity index (χ4v) is 3.95. The smallest absolute Gasteiger partial charge is 0.253 e. The summed E-state index contributed by atoms with van der Waals surface area (Å²) in [4.78, 5) is 53.4. The third kappa shape index (κ3) is 4.42. The number of carbonyl (C=O) groups is 4. The average molecular weight is 408 g/mol. The van der Waals surface area contributed by atoms with Crippen molar-refractivity contribution in [3.8, 4) is 0 Å². The number of rotatable bonds is 5. The van der Waals surface area contributed by atoms with Crippen LogP contribution in [0.3, 0.4) is 0 Å². The van der Waals surface area contributed by atoms with E-state index in [0.29, 0.717) is 73.3 Å². The van der Waals surface area contributed by atoms with Crippen molar-refractivity contribution in [1.29, 1.82) is 0 Å². The minimum absolute atomic E-state index is 0.00990. The molecule has 1 aliphatic heterocycles. The summed E-state index contributed by atoms with van der Waals surface area (Å²) in [5, 5.41) is 0. The van der Waals surface area contributed by atoms with Crippen molar-refractivity contribution in [2.45, 2.75) is 40.0 Å². The van der Waals surface area contributed by atoms with Crippen LogP contribution in [0.5, 0.6) is 0 Å². The largest absolute Gasteiger partial charge is 0.339 e. The van der Waals surface area contributed by atoms with Gasteiger partial charge in [0.2, 0.25) is 5.91 Å². The third-order valence-corrected chi connectivity index (χ3v) is 6.07. The Labute approximate surface area is 177 Å². The molecular formula is C24H28N2O4. The summed E-state index contributed by atoms with van der Waals surface area (Å²) in [7, 11) is 0. The maximum atomic E-state index is 12.6. The van der Waals surface area contributed by atoms with E-state index in [2.05, 4.69) is 0 Å². The van der Waals surface area contributed by atoms with Gasteiger partial charge in [-0.25, -0.2) is 0 Å². The van der Waals surface area contributed by atoms with Gasteiger partial charge in [-0.05, 0) is 45.7 Å². The molecule has 2 amide bonds. The number of Topliss-reactive ketones (excluding diaryl/α,β-unsaturated/α-hetero) is 2. The van der Waals surface area contributed by atoms with Crippen LogP contribution in [-0.2, 0) is 14.4 Å². The minimum atomic E-state index is -0.0786. The molecule has 0 N–H and O–H groups in total. The van der Waals surface area contributed by atoms with Crippen LogP contribution in [0.2, 0.25) is 0 Å². The first-order valence-electron chi connectivity index (χ1n) is 10.4. The quantitative estimate of drug-likeness (QED) is 0.702. The van der Waals surface area contributed by atoms with E-state index in [1.165, 1.54) is 0 Å². The van der Waals surface area contributed by atoms with Gasteiger partial charge in [0.1, 0.15) is 0 Å². The molecule has 6 heteroatoms. The first-order valence-corrected chi connectivity index (χ1v) is 10.4. The van der Waals surface area contributed by atoms with Crippen molar-refractivity contribution in [2.75, 3.05) is 26.2 Å². The monoisotopic (exact) mass is 408 g/mol. The molecule has 1 heterocycles. The van der Waals surface area contributed by atoms with Crippen molar-refractivity contribution in [3.63, 3.8) is 0 Å². The van der Waals surface area contributed by atoms with Gasteiger partial charge in [0, 0.05) is 60.5 Å². The van der Waals surface area contributed by atoms with E-state index in [9.17, 15) is 19.2 Å². The van der Waals surface area contributed by atoms with E-state index in [0.717, 1.165) is 0 Å². The van der Waals surface area contributed by atoms with E-state index >= 15 is 0 Å². The van der Waals surface area contributed by atoms with Crippen LogP contribution < -0.4 is 0 Å². The van der Waals surface area contributed by atoms with Crippen molar-refractivity contribution >= 4 is 23.4 Å². The van der Waals surface area contributed by atoms with Gasteiger partial charge in [-0.2, -0.15) is 0 Å². The highest BCUT2D eigenvalue weighted by Gasteiger charge is 2.28. The Bertz CT molecular complexity index is 935. The fourth-order valence-electron chi connectivity index (χ4n) is 3.95. The highest BCUT2D eigenvalue weighted by atomic mass is 16.2. The Balaban J connectivity index is 1.48. The van der Waals surface area contributed by atoms with Crippen LogP contribution in [0.15, 0.2) is 52.6 Å². The molecule has 0 atom stereocenters. The second kappa shape index (κ2) is 9.20. The summed E-state index contributed by atoms with van der Waals surface area (Å²) in [5.41, 5.74) is 2.72. The first kappa shape index (κ1) is 21.7. The molecular weight excluding hydrogens is 380 g/mol. The van der Waals surface area contributed by atoms with E-state index in [4.69, 9.17) is 0 Å². The summed E-state index contributed by atoms with van der Waals surface area (Å²) in [6, 6.07) is 9.15. The SMILES string of the molecule is CC1=C(C)C(=O)C(CCCC(=O)N2CCN(C(=O)c3ccccc3)CC2)=C(C)C1=O. The van der Waals surface area contributed by atoms with Crippen molar-refractivity contribution < 1.29 is 19.2 Å². The number of hydrogen-bond donors (Lipinski definition) is 0. The number of benzene rings is 1. The topological polar surface area (TPSA) is 74.8 Å². The number of allylic oxidation sites excluding steroid dienone is 4. The second-order valence-electron chi connectivity index (χ2n) is 7.90. The number of amides is 2. The lowest BCUT2D eigenvalue weighted by molar-refractivity contribution is -0.132. The number of carbonyl (C=O) groups excluding carboxylic acids is 4. The van der Waals surface area contributed by atoms with Gasteiger partial charge >= 0.3 is 0 Å². The summed E-state index contributed by atoms with van der Waals surface area (Å²) in [6.45, 7) is 7.11. The maximum Gasteiger partial charge on any atom is 0.253 e. The maximum absolute atomic E-state index is 12.6. The molecule has 3 rings (SSSR count). The van der Waals surface area contributed by atoms with Crippen molar-refractivity contribution in [3.05, 3.63) is 58.2 Å². The van der Waals surface area contributed by atoms with Crippen molar-refractivity contribution in [2.24, 2.45) is 0 Å². The Hall–Kier alpha value is -3.02. The molecule has 0 saturated carbocycles. The third-order valence-electron chi connectivity index (χ3n) is 6.07. The molecule has 1 aromatic carbocycles. The minimum Gasteiger partial charge on any atom is -0.339 e. The predicted molar refractivity (Wildman–Crippen MR) is 114 cm³/mol. The van der Waals surface area contributed by atoms with Crippen LogP contribution in [-0.4, -0.2) is 59.4 Å². The van der Waals surface area contributed by atoms with Crippen LogP contribution in [0, 0.1) is 0 Å². The van der Waals surface area contributed by atoms with Crippen LogP contribution in [0.4, 0.5) is 0 Å². The van der Waals surface area contributed by atoms with E-state index < -0.39 is 0 Å². The molecule has 2 aliphatic rings. The summed E-state index contributed by atoms with van der Waals surface area (Å²) in [6.07, 6.45) is 1.28. The molecule has 1 aliphatic carbocycles. The van der Waals surface area contributed by atoms with Gasteiger partial charge in [0.05, 0.1) is 0 Å². The molecule has 0 unspecified atom stereocenters. The molecule has 0 radical (unpaired) electrons. The van der Waals surface area contributed by atoms with E-state index in [-0.39, 0.29) is 23.4 Å². The summed E-state index contributed by atoms with van der Waals surface area (Å²) in [5.74, 6) is -0.139. The number of hydrogen-bond acceptors (Lipinski definition) is 4. The molecule has 1 saturated heterocycles. The molecule has 0 aromatic heterocycles. The lowest BCUT2D eigenvalue weighted by Crippen LogP contribution is -2.50. The zero-order valence-corrected chi connectivity index (χ0v) is 17.9. The Morgan fingerprint density at radius 1 is 0.800 bits per heavy atom. The lowest BCUT2D eigenvalue weighted by atomic mass is 9.84. The molecule has 158 valence electrons. The number of nitrogens with zero attached hydrogens (tertiary/aromatic N) is 2. The fraction of sp³-hybridized carbons (Fsp3) is 0.417. The number of piperazine rings is 1. The van der Waals surface area contributed by atoms with Crippen molar-refractivity contribution in [1.82, 2.24) is 9.80 Å². The molecule has 6 nitrogen and oxygen atoms in total. The van der Waals surface area contributed by atoms with Gasteiger partial charge in [0.15, 0.2) is 11.6 Å². The lowest BCUT2D eigenvalue weighted by Gasteiger charge is -2.35. The van der Waals surface area contributed by atoms with E-state index in [1.54, 1.807) is 42.7 Å². The molecule has 30 heavy (non-hydrogen) atoms. The van der Waals surface area contributed by atoms with Gasteiger partial charge in [0.25, 0.3) is 5.91 Å². The zero-order chi connectivity index (χ0) is 21.8. The zero-order valence-electron chi connectivity index (χ0n) is 17.9. The summed E-state index contributed by atoms with van der Waals surface area (Å²) >= 11 is 0. The first-order chi connectivity index (χ1) is 14.3.